The number of ether oxygens (including phenoxy) is 2. The van der Waals surface area contributed by atoms with Crippen LogP contribution in [0.4, 0.5) is 0 Å². The van der Waals surface area contributed by atoms with Crippen molar-refractivity contribution in [3.8, 4) is 0 Å². The summed E-state index contributed by atoms with van der Waals surface area (Å²) in [5.41, 5.74) is 0. The molecule has 5 nitrogen and oxygen atoms in total. The second-order valence-electron chi connectivity index (χ2n) is 17.9. The molecule has 0 fully saturated rings. The van der Waals surface area contributed by atoms with Crippen molar-refractivity contribution in [1.82, 2.24) is 0 Å². The molecular formula is C59H102O5. The number of rotatable bonds is 49. The molecular weight excluding hydrogens is 789 g/mol. The number of hydrogen-bond acceptors (Lipinski definition) is 5. The summed E-state index contributed by atoms with van der Waals surface area (Å²) in [7, 11) is 0. The molecule has 0 amide bonds. The molecule has 0 aliphatic rings. The van der Waals surface area contributed by atoms with Gasteiger partial charge >= 0.3 is 11.9 Å². The Morgan fingerprint density at radius 3 is 1.02 bits per heavy atom. The largest absolute Gasteiger partial charge is 0.462 e. The molecule has 0 spiro atoms. The van der Waals surface area contributed by atoms with Crippen molar-refractivity contribution in [3.63, 3.8) is 0 Å². The molecule has 0 saturated carbocycles. The van der Waals surface area contributed by atoms with Crippen LogP contribution in [0.3, 0.4) is 0 Å². The molecule has 0 aliphatic carbocycles. The molecule has 0 aromatic carbocycles. The van der Waals surface area contributed by atoms with Gasteiger partial charge in [0, 0.05) is 12.8 Å². The molecule has 0 rings (SSSR count). The van der Waals surface area contributed by atoms with Crippen LogP contribution in [0.25, 0.3) is 0 Å². The highest BCUT2D eigenvalue weighted by molar-refractivity contribution is 5.70. The van der Waals surface area contributed by atoms with Crippen molar-refractivity contribution < 1.29 is 24.2 Å². The number of carbonyl (C=O) groups excluding carboxylic acids is 2. The maximum Gasteiger partial charge on any atom is 0.306 e. The van der Waals surface area contributed by atoms with Gasteiger partial charge in [-0.05, 0) is 70.6 Å². The SMILES string of the molecule is CC/C=C\C/C=C\C/C=C\C/C=C\C/C=C\C/C=C\C/C=C\CCCCCCCCCC(=O)OC(CO)COC(=O)CCCCCCCCCCCCCCCCCCCCCCC. The lowest BCUT2D eigenvalue weighted by Crippen LogP contribution is -2.28. The lowest BCUT2D eigenvalue weighted by molar-refractivity contribution is -0.161. The van der Waals surface area contributed by atoms with E-state index in [0.717, 1.165) is 89.9 Å². The van der Waals surface area contributed by atoms with Crippen molar-refractivity contribution in [2.24, 2.45) is 0 Å². The number of carbonyl (C=O) groups is 2. The van der Waals surface area contributed by atoms with Gasteiger partial charge in [0.15, 0.2) is 6.10 Å². The Bertz CT molecular complexity index is 1190. The number of aliphatic hydroxyl groups excluding tert-OH is 1. The molecule has 1 N–H and O–H groups in total. The quantitative estimate of drug-likeness (QED) is 0.0374. The van der Waals surface area contributed by atoms with Crippen LogP contribution in [-0.4, -0.2) is 36.4 Å². The molecule has 0 radical (unpaired) electrons. The minimum atomic E-state index is -0.782. The first-order valence-corrected chi connectivity index (χ1v) is 27.1. The zero-order valence-corrected chi connectivity index (χ0v) is 42.0. The van der Waals surface area contributed by atoms with Gasteiger partial charge in [-0.2, -0.15) is 0 Å². The molecule has 0 bridgehead atoms. The predicted octanol–water partition coefficient (Wildman–Crippen LogP) is 18.2. The summed E-state index contributed by atoms with van der Waals surface area (Å²) in [5, 5.41) is 9.64. The minimum absolute atomic E-state index is 0.0714. The van der Waals surface area contributed by atoms with E-state index < -0.39 is 6.10 Å². The Morgan fingerprint density at radius 2 is 0.672 bits per heavy atom. The summed E-state index contributed by atoms with van der Waals surface area (Å²) in [6.45, 7) is 4.04. The molecule has 0 heterocycles. The molecule has 0 saturated heterocycles. The summed E-state index contributed by atoms with van der Waals surface area (Å²) in [6.07, 6.45) is 75.4. The van der Waals surface area contributed by atoms with Crippen LogP contribution in [0, 0.1) is 0 Å². The third-order valence-corrected chi connectivity index (χ3v) is 11.7. The molecule has 0 aromatic rings. The smallest absolute Gasteiger partial charge is 0.306 e. The molecule has 0 aromatic heterocycles. The van der Waals surface area contributed by atoms with Crippen LogP contribution in [0.15, 0.2) is 85.1 Å². The first-order valence-electron chi connectivity index (χ1n) is 27.1. The van der Waals surface area contributed by atoms with Crippen LogP contribution in [0.5, 0.6) is 0 Å². The second kappa shape index (κ2) is 54.4. The van der Waals surface area contributed by atoms with E-state index in [-0.39, 0.29) is 25.2 Å². The van der Waals surface area contributed by atoms with Crippen LogP contribution in [0.2, 0.25) is 0 Å². The number of unbranched alkanes of at least 4 members (excludes halogenated alkanes) is 27. The van der Waals surface area contributed by atoms with Crippen molar-refractivity contribution in [1.29, 1.82) is 0 Å². The third kappa shape index (κ3) is 51.7. The van der Waals surface area contributed by atoms with Gasteiger partial charge in [-0.15, -0.1) is 0 Å². The van der Waals surface area contributed by atoms with Crippen molar-refractivity contribution in [2.45, 2.75) is 264 Å². The van der Waals surface area contributed by atoms with E-state index in [0.29, 0.717) is 12.8 Å². The first-order chi connectivity index (χ1) is 31.6. The fourth-order valence-electron chi connectivity index (χ4n) is 7.65. The summed E-state index contributed by atoms with van der Waals surface area (Å²) >= 11 is 0. The van der Waals surface area contributed by atoms with Gasteiger partial charge in [0.1, 0.15) is 6.61 Å². The Balaban J connectivity index is 3.55. The molecule has 1 atom stereocenters. The van der Waals surface area contributed by atoms with Gasteiger partial charge < -0.3 is 14.6 Å². The van der Waals surface area contributed by atoms with Crippen molar-refractivity contribution >= 4 is 11.9 Å². The van der Waals surface area contributed by atoms with E-state index in [4.69, 9.17) is 9.47 Å². The maximum atomic E-state index is 12.3. The zero-order valence-electron chi connectivity index (χ0n) is 42.0. The van der Waals surface area contributed by atoms with E-state index in [1.54, 1.807) is 0 Å². The highest BCUT2D eigenvalue weighted by Gasteiger charge is 2.16. The number of esters is 2. The van der Waals surface area contributed by atoms with Gasteiger partial charge in [0.2, 0.25) is 0 Å². The van der Waals surface area contributed by atoms with Crippen molar-refractivity contribution in [2.75, 3.05) is 13.2 Å². The van der Waals surface area contributed by atoms with E-state index in [1.165, 1.54) is 141 Å². The highest BCUT2D eigenvalue weighted by Crippen LogP contribution is 2.16. The molecule has 1 unspecified atom stereocenters. The minimum Gasteiger partial charge on any atom is -0.462 e. The molecule has 368 valence electrons. The predicted molar refractivity (Wildman–Crippen MR) is 279 cm³/mol. The van der Waals surface area contributed by atoms with Gasteiger partial charge in [-0.25, -0.2) is 0 Å². The van der Waals surface area contributed by atoms with E-state index in [2.05, 4.69) is 98.9 Å². The van der Waals surface area contributed by atoms with Gasteiger partial charge in [0.05, 0.1) is 6.61 Å². The topological polar surface area (TPSA) is 72.8 Å². The molecule has 64 heavy (non-hydrogen) atoms. The number of aliphatic hydroxyl groups is 1. The Hall–Kier alpha value is -2.92. The normalized spacial score (nSPS) is 12.9. The van der Waals surface area contributed by atoms with E-state index in [9.17, 15) is 14.7 Å². The van der Waals surface area contributed by atoms with Crippen LogP contribution in [-0.2, 0) is 19.1 Å². The Kier molecular flexibility index (Phi) is 51.9. The summed E-state index contributed by atoms with van der Waals surface area (Å²) in [6, 6.07) is 0. The average Bonchev–Trinajstić information content (AvgIpc) is 3.30. The van der Waals surface area contributed by atoms with Crippen LogP contribution in [0.1, 0.15) is 258 Å². The van der Waals surface area contributed by atoms with Crippen molar-refractivity contribution in [3.05, 3.63) is 85.1 Å². The summed E-state index contributed by atoms with van der Waals surface area (Å²) in [5.74, 6) is -0.598. The average molecular weight is 891 g/mol. The maximum absolute atomic E-state index is 12.3. The Labute approximate surface area is 396 Å². The lowest BCUT2D eigenvalue weighted by Gasteiger charge is -2.15. The van der Waals surface area contributed by atoms with Gasteiger partial charge in [0.25, 0.3) is 0 Å². The summed E-state index contributed by atoms with van der Waals surface area (Å²) in [4.78, 5) is 24.5. The van der Waals surface area contributed by atoms with Crippen LogP contribution >= 0.6 is 0 Å². The van der Waals surface area contributed by atoms with E-state index >= 15 is 0 Å². The summed E-state index contributed by atoms with van der Waals surface area (Å²) < 4.78 is 10.7. The monoisotopic (exact) mass is 891 g/mol. The van der Waals surface area contributed by atoms with Crippen LogP contribution < -0.4 is 0 Å². The first kappa shape index (κ1) is 61.1. The van der Waals surface area contributed by atoms with Gasteiger partial charge in [-0.3, -0.25) is 9.59 Å². The molecule has 0 aliphatic heterocycles. The molecule has 5 heteroatoms. The lowest BCUT2D eigenvalue weighted by atomic mass is 10.0. The Morgan fingerprint density at radius 1 is 0.375 bits per heavy atom. The zero-order chi connectivity index (χ0) is 46.3. The third-order valence-electron chi connectivity index (χ3n) is 11.7. The fourth-order valence-corrected chi connectivity index (χ4v) is 7.65. The highest BCUT2D eigenvalue weighted by atomic mass is 16.6. The standard InChI is InChI=1S/C59H102O5/c1-3-5-7-9-11-13-15-17-19-21-23-25-26-27-28-29-30-31-32-34-36-38-40-42-44-46-48-50-52-54-59(62)64-57(55-60)56-63-58(61)53-51-49-47-45-43-41-39-37-35-33-24-22-20-18-16-14-12-10-8-6-4-2/h5,7,11,13,17,19,23,25,27-28,30-31,34,36,57,60H,3-4,6,8-10,12,14-16,18,20-22,24,26,29,32-33,35,37-56H2,1-2H3/b7-5-,13-11-,19-17-,25-23-,28-27-,31-30-,36-34-. The van der Waals surface area contributed by atoms with E-state index in [1.807, 2.05) is 0 Å². The number of hydrogen-bond donors (Lipinski definition) is 1. The fraction of sp³-hybridized carbons (Fsp3) is 0.729. The number of allylic oxidation sites excluding steroid dienone is 14. The second-order valence-corrected chi connectivity index (χ2v) is 17.9. The van der Waals surface area contributed by atoms with Gasteiger partial charge in [-0.1, -0.05) is 259 Å².